The van der Waals surface area contributed by atoms with E-state index in [0.717, 1.165) is 12.8 Å². The molecule has 4 nitrogen and oxygen atoms in total. The van der Waals surface area contributed by atoms with E-state index < -0.39 is 18.2 Å². The number of rotatable bonds is 17. The molecule has 0 aliphatic rings. The van der Waals surface area contributed by atoms with Crippen LogP contribution >= 0.6 is 0 Å². The van der Waals surface area contributed by atoms with E-state index in [1.54, 1.807) is 6.92 Å². The summed E-state index contributed by atoms with van der Waals surface area (Å²) in [5.74, 6) is 0. The molecule has 3 N–H and O–H groups in total. The van der Waals surface area contributed by atoms with Gasteiger partial charge in [0.15, 0.2) is 0 Å². The summed E-state index contributed by atoms with van der Waals surface area (Å²) in [5.41, 5.74) is 0. The van der Waals surface area contributed by atoms with E-state index in [-0.39, 0.29) is 0 Å². The molecule has 0 radical (unpaired) electrons. The summed E-state index contributed by atoms with van der Waals surface area (Å²) in [6, 6.07) is -0.403. The first-order valence-electron chi connectivity index (χ1n) is 9.69. The Morgan fingerprint density at radius 3 is 1.70 bits per heavy atom. The first-order chi connectivity index (χ1) is 11.1. The van der Waals surface area contributed by atoms with Crippen molar-refractivity contribution in [2.75, 3.05) is 0 Å². The van der Waals surface area contributed by atoms with Crippen LogP contribution in [0.25, 0.3) is 0 Å². The maximum Gasteiger partial charge on any atom is 0.207 e. The molecule has 0 saturated carbocycles. The van der Waals surface area contributed by atoms with Gasteiger partial charge >= 0.3 is 0 Å². The zero-order valence-corrected chi connectivity index (χ0v) is 15.3. The summed E-state index contributed by atoms with van der Waals surface area (Å²) in [4.78, 5) is 10.3. The Labute approximate surface area is 143 Å². The summed E-state index contributed by atoms with van der Waals surface area (Å²) in [6.45, 7) is 3.95. The minimum Gasteiger partial charge on any atom is -0.390 e. The van der Waals surface area contributed by atoms with Crippen LogP contribution in [0.15, 0.2) is 0 Å². The molecule has 0 unspecified atom stereocenters. The predicted octanol–water partition coefficient (Wildman–Crippen LogP) is 3.93. The van der Waals surface area contributed by atoms with Crippen molar-refractivity contribution in [3.8, 4) is 0 Å². The highest BCUT2D eigenvalue weighted by Gasteiger charge is 2.21. The summed E-state index contributed by atoms with van der Waals surface area (Å²) >= 11 is 0. The van der Waals surface area contributed by atoms with Crippen molar-refractivity contribution in [2.45, 2.75) is 116 Å². The van der Waals surface area contributed by atoms with Gasteiger partial charge < -0.3 is 15.5 Å². The van der Waals surface area contributed by atoms with Gasteiger partial charge in [-0.25, -0.2) is 0 Å². The molecular weight excluding hydrogens is 290 g/mol. The maximum atomic E-state index is 10.3. The first-order valence-corrected chi connectivity index (χ1v) is 9.69. The molecule has 0 aromatic heterocycles. The molecule has 0 aliphatic carbocycles. The largest absolute Gasteiger partial charge is 0.390 e. The van der Waals surface area contributed by atoms with E-state index in [1.807, 2.05) is 0 Å². The van der Waals surface area contributed by atoms with Gasteiger partial charge in [0, 0.05) is 0 Å². The van der Waals surface area contributed by atoms with Crippen molar-refractivity contribution in [1.29, 1.82) is 0 Å². The molecular formula is C19H39NO3. The minimum atomic E-state index is -0.882. The Kier molecular flexibility index (Phi) is 15.8. The van der Waals surface area contributed by atoms with Crippen molar-refractivity contribution in [3.05, 3.63) is 0 Å². The van der Waals surface area contributed by atoms with Crippen LogP contribution in [-0.2, 0) is 4.79 Å². The van der Waals surface area contributed by atoms with Crippen LogP contribution in [-0.4, -0.2) is 34.9 Å². The van der Waals surface area contributed by atoms with Crippen LogP contribution < -0.4 is 5.32 Å². The number of hydrogen-bond acceptors (Lipinski definition) is 3. The number of nitrogens with one attached hydrogen (secondary N) is 1. The normalized spacial score (nSPS) is 15.1. The lowest BCUT2D eigenvalue weighted by molar-refractivity contribution is -0.111. The molecule has 0 bridgehead atoms. The zero-order chi connectivity index (χ0) is 17.3. The van der Waals surface area contributed by atoms with Crippen molar-refractivity contribution in [2.24, 2.45) is 0 Å². The standard InChI is InChI=1S/C19H39NO3/c1-3-4-5-6-7-8-9-10-11-12-13-14-15-18(22)19(23)17(2)20-16-21/h16-19,22-23H,3-15H2,1-2H3,(H,20,21)/t17-,18+,19-/m0/s1. The highest BCUT2D eigenvalue weighted by Crippen LogP contribution is 2.14. The number of aliphatic hydroxyl groups excluding tert-OH is 2. The lowest BCUT2D eigenvalue weighted by Gasteiger charge is -2.23. The molecule has 1 amide bonds. The lowest BCUT2D eigenvalue weighted by Crippen LogP contribution is -2.43. The van der Waals surface area contributed by atoms with Crippen molar-refractivity contribution >= 4 is 6.41 Å². The van der Waals surface area contributed by atoms with Gasteiger partial charge in [0.1, 0.15) is 0 Å². The average Bonchev–Trinajstić information content (AvgIpc) is 2.55. The molecule has 0 rings (SSSR count). The molecule has 3 atom stereocenters. The van der Waals surface area contributed by atoms with Gasteiger partial charge in [-0.2, -0.15) is 0 Å². The van der Waals surface area contributed by atoms with Gasteiger partial charge in [-0.1, -0.05) is 84.0 Å². The fourth-order valence-corrected chi connectivity index (χ4v) is 2.90. The van der Waals surface area contributed by atoms with Crippen LogP contribution in [0.2, 0.25) is 0 Å². The van der Waals surface area contributed by atoms with Crippen LogP contribution in [0.3, 0.4) is 0 Å². The quantitative estimate of drug-likeness (QED) is 0.280. The maximum absolute atomic E-state index is 10.3. The third-order valence-electron chi connectivity index (χ3n) is 4.59. The van der Waals surface area contributed by atoms with Crippen LogP contribution in [0.5, 0.6) is 0 Å². The molecule has 138 valence electrons. The van der Waals surface area contributed by atoms with E-state index in [9.17, 15) is 15.0 Å². The van der Waals surface area contributed by atoms with Crippen molar-refractivity contribution < 1.29 is 15.0 Å². The molecule has 0 spiro atoms. The van der Waals surface area contributed by atoms with Crippen molar-refractivity contribution in [1.82, 2.24) is 5.32 Å². The average molecular weight is 330 g/mol. The fourth-order valence-electron chi connectivity index (χ4n) is 2.90. The van der Waals surface area contributed by atoms with Crippen LogP contribution in [0.4, 0.5) is 0 Å². The summed E-state index contributed by atoms with van der Waals surface area (Å²) in [7, 11) is 0. The number of unbranched alkanes of at least 4 members (excludes halogenated alkanes) is 11. The SMILES string of the molecule is CCCCCCCCCCCCCC[C@@H](O)[C@@H](O)[C@H](C)NC=O. The highest BCUT2D eigenvalue weighted by molar-refractivity contribution is 5.46. The zero-order valence-electron chi connectivity index (χ0n) is 15.3. The third-order valence-corrected chi connectivity index (χ3v) is 4.59. The van der Waals surface area contributed by atoms with Crippen molar-refractivity contribution in [3.63, 3.8) is 0 Å². The topological polar surface area (TPSA) is 69.6 Å². The first kappa shape index (κ1) is 22.4. The van der Waals surface area contributed by atoms with Gasteiger partial charge in [-0.3, -0.25) is 4.79 Å². The van der Waals surface area contributed by atoms with Gasteiger partial charge in [0.05, 0.1) is 18.2 Å². The number of hydrogen-bond donors (Lipinski definition) is 3. The molecule has 0 aromatic rings. The second kappa shape index (κ2) is 16.3. The molecule has 0 aliphatic heterocycles. The van der Waals surface area contributed by atoms with E-state index in [2.05, 4.69) is 12.2 Å². The Balaban J connectivity index is 3.33. The van der Waals surface area contributed by atoms with Crippen LogP contribution in [0.1, 0.15) is 97.3 Å². The molecule has 4 heteroatoms. The number of aliphatic hydroxyl groups is 2. The second-order valence-corrected chi connectivity index (χ2v) is 6.81. The monoisotopic (exact) mass is 329 g/mol. The fraction of sp³-hybridized carbons (Fsp3) is 0.947. The number of carbonyl (C=O) groups excluding carboxylic acids is 1. The highest BCUT2D eigenvalue weighted by atomic mass is 16.3. The third kappa shape index (κ3) is 13.5. The summed E-state index contributed by atoms with van der Waals surface area (Å²) < 4.78 is 0. The van der Waals surface area contributed by atoms with Gasteiger partial charge in [-0.05, 0) is 13.3 Å². The summed E-state index contributed by atoms with van der Waals surface area (Å²) in [6.07, 6.45) is 15.0. The van der Waals surface area contributed by atoms with E-state index in [4.69, 9.17) is 0 Å². The Hall–Kier alpha value is -0.610. The molecule has 0 aromatic carbocycles. The Bertz CT molecular complexity index is 261. The van der Waals surface area contributed by atoms with E-state index in [1.165, 1.54) is 64.2 Å². The molecule has 0 heterocycles. The smallest absolute Gasteiger partial charge is 0.207 e. The van der Waals surface area contributed by atoms with Gasteiger partial charge in [-0.15, -0.1) is 0 Å². The Morgan fingerprint density at radius 2 is 1.26 bits per heavy atom. The van der Waals surface area contributed by atoms with E-state index >= 15 is 0 Å². The Morgan fingerprint density at radius 1 is 0.826 bits per heavy atom. The van der Waals surface area contributed by atoms with Crippen LogP contribution in [0, 0.1) is 0 Å². The minimum absolute atomic E-state index is 0.403. The predicted molar refractivity (Wildman–Crippen MR) is 96.4 cm³/mol. The number of carbonyl (C=O) groups is 1. The lowest BCUT2D eigenvalue weighted by atomic mass is 10.00. The van der Waals surface area contributed by atoms with E-state index in [0.29, 0.717) is 12.8 Å². The van der Waals surface area contributed by atoms with Gasteiger partial charge in [0.25, 0.3) is 0 Å². The second-order valence-electron chi connectivity index (χ2n) is 6.81. The number of amides is 1. The van der Waals surface area contributed by atoms with Gasteiger partial charge in [0.2, 0.25) is 6.41 Å². The summed E-state index contributed by atoms with van der Waals surface area (Å²) in [5, 5.41) is 22.2. The molecule has 0 fully saturated rings. The molecule has 23 heavy (non-hydrogen) atoms. The molecule has 0 saturated heterocycles.